The van der Waals surface area contributed by atoms with Crippen LogP contribution in [0.25, 0.3) is 0 Å². The van der Waals surface area contributed by atoms with E-state index in [-0.39, 0.29) is 0 Å². The molecule has 1 rings (SSSR count). The van der Waals surface area contributed by atoms with Crippen LogP contribution in [0.1, 0.15) is 19.8 Å². The van der Waals surface area contributed by atoms with Gasteiger partial charge in [0.1, 0.15) is 5.54 Å². The molecular formula is C8H16N2O2. The largest absolute Gasteiger partial charge is 0.480 e. The maximum absolute atomic E-state index is 10.9. The second-order valence-electron chi connectivity index (χ2n) is 3.50. The molecule has 1 aliphatic carbocycles. The van der Waals surface area contributed by atoms with Gasteiger partial charge in [-0.2, -0.15) is 0 Å². The summed E-state index contributed by atoms with van der Waals surface area (Å²) < 4.78 is 0. The molecular weight excluding hydrogens is 156 g/mol. The molecule has 0 aliphatic heterocycles. The van der Waals surface area contributed by atoms with Gasteiger partial charge in [-0.3, -0.25) is 4.79 Å². The molecule has 1 saturated carbocycles. The standard InChI is InChI=1S/C8H16N2O2/c1-8(7(11)12,6-2-3-6)10-5-4-9/h6,10H,2-5,9H2,1H3,(H,11,12). The lowest BCUT2D eigenvalue weighted by Gasteiger charge is -2.25. The number of carboxylic acid groups (broad SMARTS) is 1. The lowest BCUT2D eigenvalue weighted by atomic mass is 9.96. The van der Waals surface area contributed by atoms with E-state index in [9.17, 15) is 4.79 Å². The molecule has 1 unspecified atom stereocenters. The van der Waals surface area contributed by atoms with E-state index in [0.717, 1.165) is 12.8 Å². The highest BCUT2D eigenvalue weighted by atomic mass is 16.4. The van der Waals surface area contributed by atoms with Crippen LogP contribution < -0.4 is 11.1 Å². The van der Waals surface area contributed by atoms with E-state index in [2.05, 4.69) is 5.32 Å². The number of nitrogens with two attached hydrogens (primary N) is 1. The number of hydrogen-bond acceptors (Lipinski definition) is 3. The Hall–Kier alpha value is -0.610. The van der Waals surface area contributed by atoms with Crippen LogP contribution >= 0.6 is 0 Å². The highest BCUT2D eigenvalue weighted by molar-refractivity contribution is 5.79. The van der Waals surface area contributed by atoms with Gasteiger partial charge in [-0.1, -0.05) is 0 Å². The van der Waals surface area contributed by atoms with E-state index in [4.69, 9.17) is 10.8 Å². The molecule has 12 heavy (non-hydrogen) atoms. The molecule has 0 aromatic heterocycles. The number of aliphatic carboxylic acids is 1. The van der Waals surface area contributed by atoms with Gasteiger partial charge in [-0.05, 0) is 25.7 Å². The molecule has 4 nitrogen and oxygen atoms in total. The fourth-order valence-electron chi connectivity index (χ4n) is 1.39. The molecule has 0 bridgehead atoms. The van der Waals surface area contributed by atoms with Gasteiger partial charge in [0.2, 0.25) is 0 Å². The zero-order valence-electron chi connectivity index (χ0n) is 7.34. The van der Waals surface area contributed by atoms with E-state index < -0.39 is 11.5 Å². The van der Waals surface area contributed by atoms with Crippen LogP contribution in [-0.4, -0.2) is 29.7 Å². The zero-order chi connectivity index (χ0) is 9.19. The van der Waals surface area contributed by atoms with Crippen LogP contribution in [0, 0.1) is 5.92 Å². The first kappa shape index (κ1) is 9.48. The Morgan fingerprint density at radius 2 is 2.33 bits per heavy atom. The van der Waals surface area contributed by atoms with Crippen molar-refractivity contribution in [3.63, 3.8) is 0 Å². The van der Waals surface area contributed by atoms with Crippen LogP contribution in [-0.2, 0) is 4.79 Å². The predicted molar refractivity (Wildman–Crippen MR) is 45.8 cm³/mol. The van der Waals surface area contributed by atoms with Gasteiger partial charge in [0.25, 0.3) is 0 Å². The Bertz CT molecular complexity index is 180. The average molecular weight is 172 g/mol. The van der Waals surface area contributed by atoms with E-state index in [0.29, 0.717) is 19.0 Å². The quantitative estimate of drug-likeness (QED) is 0.536. The normalized spacial score (nSPS) is 21.8. The van der Waals surface area contributed by atoms with Gasteiger partial charge >= 0.3 is 5.97 Å². The molecule has 0 spiro atoms. The van der Waals surface area contributed by atoms with E-state index in [1.54, 1.807) is 6.92 Å². The molecule has 0 amide bonds. The first-order chi connectivity index (χ1) is 5.61. The minimum Gasteiger partial charge on any atom is -0.480 e. The molecule has 0 aromatic rings. The van der Waals surface area contributed by atoms with Crippen molar-refractivity contribution in [1.82, 2.24) is 5.32 Å². The summed E-state index contributed by atoms with van der Waals surface area (Å²) in [7, 11) is 0. The van der Waals surface area contributed by atoms with Crippen molar-refractivity contribution in [2.24, 2.45) is 11.7 Å². The van der Waals surface area contributed by atoms with Gasteiger partial charge in [0.05, 0.1) is 0 Å². The Labute approximate surface area is 72.1 Å². The topological polar surface area (TPSA) is 75.3 Å². The van der Waals surface area contributed by atoms with Crippen molar-refractivity contribution in [3.8, 4) is 0 Å². The molecule has 0 heterocycles. The van der Waals surface area contributed by atoms with Crippen LogP contribution in [0.5, 0.6) is 0 Å². The Morgan fingerprint density at radius 3 is 2.67 bits per heavy atom. The Kier molecular flexibility index (Phi) is 2.69. The average Bonchev–Trinajstić information content (AvgIpc) is 2.82. The maximum atomic E-state index is 10.9. The van der Waals surface area contributed by atoms with E-state index in [1.807, 2.05) is 0 Å². The monoisotopic (exact) mass is 172 g/mol. The lowest BCUT2D eigenvalue weighted by molar-refractivity contribution is -0.145. The van der Waals surface area contributed by atoms with Crippen molar-refractivity contribution in [2.75, 3.05) is 13.1 Å². The molecule has 0 aromatic carbocycles. The smallest absolute Gasteiger partial charge is 0.323 e. The first-order valence-corrected chi connectivity index (χ1v) is 4.29. The summed E-state index contributed by atoms with van der Waals surface area (Å²) in [6.45, 7) is 2.79. The van der Waals surface area contributed by atoms with Crippen LogP contribution in [0.15, 0.2) is 0 Å². The summed E-state index contributed by atoms with van der Waals surface area (Å²) in [4.78, 5) is 10.9. The number of hydrogen-bond donors (Lipinski definition) is 3. The summed E-state index contributed by atoms with van der Waals surface area (Å²) in [5, 5.41) is 11.9. The lowest BCUT2D eigenvalue weighted by Crippen LogP contribution is -2.52. The first-order valence-electron chi connectivity index (χ1n) is 4.29. The van der Waals surface area contributed by atoms with Crippen LogP contribution in [0.4, 0.5) is 0 Å². The number of nitrogens with one attached hydrogen (secondary N) is 1. The molecule has 1 fully saturated rings. The fraction of sp³-hybridized carbons (Fsp3) is 0.875. The van der Waals surface area contributed by atoms with E-state index >= 15 is 0 Å². The highest BCUT2D eigenvalue weighted by Crippen LogP contribution is 2.39. The highest BCUT2D eigenvalue weighted by Gasteiger charge is 2.46. The van der Waals surface area contributed by atoms with Crippen molar-refractivity contribution in [3.05, 3.63) is 0 Å². The minimum absolute atomic E-state index is 0.293. The number of carbonyl (C=O) groups is 1. The van der Waals surface area contributed by atoms with Crippen LogP contribution in [0.2, 0.25) is 0 Å². The number of carboxylic acids is 1. The van der Waals surface area contributed by atoms with Crippen molar-refractivity contribution < 1.29 is 9.90 Å². The SMILES string of the molecule is CC(NCCN)(C(=O)O)C1CC1. The molecule has 4 N–H and O–H groups in total. The molecule has 4 heteroatoms. The van der Waals surface area contributed by atoms with Gasteiger partial charge in [0, 0.05) is 13.1 Å². The van der Waals surface area contributed by atoms with Gasteiger partial charge < -0.3 is 16.2 Å². The zero-order valence-corrected chi connectivity index (χ0v) is 7.34. The van der Waals surface area contributed by atoms with E-state index in [1.165, 1.54) is 0 Å². The second kappa shape index (κ2) is 3.41. The Morgan fingerprint density at radius 1 is 1.75 bits per heavy atom. The molecule has 1 atom stereocenters. The summed E-state index contributed by atoms with van der Waals surface area (Å²) in [5.74, 6) is -0.472. The fourth-order valence-corrected chi connectivity index (χ4v) is 1.39. The predicted octanol–water partition coefficient (Wildman–Crippen LogP) is -0.212. The molecule has 0 saturated heterocycles. The van der Waals surface area contributed by atoms with Gasteiger partial charge in [-0.25, -0.2) is 0 Å². The molecule has 70 valence electrons. The molecule has 1 aliphatic rings. The number of rotatable bonds is 5. The summed E-state index contributed by atoms with van der Waals surface area (Å²) in [6, 6.07) is 0. The summed E-state index contributed by atoms with van der Waals surface area (Å²) >= 11 is 0. The van der Waals surface area contributed by atoms with Gasteiger partial charge in [-0.15, -0.1) is 0 Å². The third-order valence-electron chi connectivity index (χ3n) is 2.47. The summed E-state index contributed by atoms with van der Waals surface area (Å²) in [5.41, 5.74) is 4.55. The molecule has 0 radical (unpaired) electrons. The second-order valence-corrected chi connectivity index (χ2v) is 3.50. The Balaban J connectivity index is 2.52. The summed E-state index contributed by atoms with van der Waals surface area (Å²) in [6.07, 6.45) is 2.03. The minimum atomic E-state index is -0.765. The third kappa shape index (κ3) is 1.76. The third-order valence-corrected chi connectivity index (χ3v) is 2.47. The van der Waals surface area contributed by atoms with Crippen LogP contribution in [0.3, 0.4) is 0 Å². The van der Waals surface area contributed by atoms with Gasteiger partial charge in [0.15, 0.2) is 0 Å². The van der Waals surface area contributed by atoms with Crippen molar-refractivity contribution in [2.45, 2.75) is 25.3 Å². The van der Waals surface area contributed by atoms with Crippen molar-refractivity contribution >= 4 is 5.97 Å². The maximum Gasteiger partial charge on any atom is 0.323 e. The van der Waals surface area contributed by atoms with Crippen molar-refractivity contribution in [1.29, 1.82) is 0 Å².